The van der Waals surface area contributed by atoms with Gasteiger partial charge in [-0.05, 0) is 54.3 Å². The largest absolute Gasteiger partial charge is 0.421 e. The molecular weight excluding hydrogens is 384 g/mol. The van der Waals surface area contributed by atoms with Crippen molar-refractivity contribution < 1.29 is 17.6 Å². The van der Waals surface area contributed by atoms with E-state index in [1.54, 1.807) is 18.2 Å². The van der Waals surface area contributed by atoms with Crippen molar-refractivity contribution in [3.05, 3.63) is 71.7 Å². The summed E-state index contributed by atoms with van der Waals surface area (Å²) in [6, 6.07) is 12.5. The summed E-state index contributed by atoms with van der Waals surface area (Å²) in [6.07, 6.45) is -3.09. The van der Waals surface area contributed by atoms with Gasteiger partial charge in [-0.3, -0.25) is 0 Å². The van der Waals surface area contributed by atoms with E-state index in [2.05, 4.69) is 34.4 Å². The lowest BCUT2D eigenvalue weighted by atomic mass is 10.0. The van der Waals surface area contributed by atoms with Crippen LogP contribution in [-0.2, 0) is 12.6 Å². The molecule has 0 saturated carbocycles. The third kappa shape index (κ3) is 5.66. The summed E-state index contributed by atoms with van der Waals surface area (Å²) in [4.78, 5) is 7.74. The maximum Gasteiger partial charge on any atom is 0.421 e. The fourth-order valence-electron chi connectivity index (χ4n) is 2.79. The molecule has 0 aliphatic rings. The number of alkyl halides is 3. The second kappa shape index (κ2) is 8.46. The molecule has 3 aromatic rings. The van der Waals surface area contributed by atoms with Crippen LogP contribution in [0.25, 0.3) is 0 Å². The van der Waals surface area contributed by atoms with Crippen molar-refractivity contribution in [3.63, 3.8) is 0 Å². The molecule has 0 radical (unpaired) electrons. The molecule has 0 bridgehead atoms. The Labute approximate surface area is 166 Å². The van der Waals surface area contributed by atoms with Crippen LogP contribution in [0.3, 0.4) is 0 Å². The molecule has 1 heterocycles. The Balaban J connectivity index is 1.91. The van der Waals surface area contributed by atoms with E-state index in [-0.39, 0.29) is 11.8 Å². The van der Waals surface area contributed by atoms with Crippen LogP contribution >= 0.6 is 0 Å². The number of nitrogens with one attached hydrogen (secondary N) is 2. The molecule has 0 spiro atoms. The van der Waals surface area contributed by atoms with Gasteiger partial charge in [-0.25, -0.2) is 9.37 Å². The fourth-order valence-corrected chi connectivity index (χ4v) is 2.79. The predicted octanol–water partition coefficient (Wildman–Crippen LogP) is 6.32. The molecule has 4 nitrogen and oxygen atoms in total. The van der Waals surface area contributed by atoms with E-state index in [0.29, 0.717) is 17.3 Å². The van der Waals surface area contributed by atoms with Crippen molar-refractivity contribution in [3.8, 4) is 0 Å². The van der Waals surface area contributed by atoms with Crippen molar-refractivity contribution in [2.45, 2.75) is 26.4 Å². The van der Waals surface area contributed by atoms with E-state index in [1.165, 1.54) is 24.3 Å². The summed E-state index contributed by atoms with van der Waals surface area (Å²) in [6.45, 7) is 4.14. The van der Waals surface area contributed by atoms with Gasteiger partial charge in [0.25, 0.3) is 0 Å². The van der Waals surface area contributed by atoms with Crippen LogP contribution in [0.2, 0.25) is 0 Å². The highest BCUT2D eigenvalue weighted by molar-refractivity contribution is 5.63. The Kier molecular flexibility index (Phi) is 6.00. The first-order chi connectivity index (χ1) is 13.7. The van der Waals surface area contributed by atoms with Crippen LogP contribution in [0.5, 0.6) is 0 Å². The van der Waals surface area contributed by atoms with Crippen molar-refractivity contribution in [2.75, 3.05) is 10.6 Å². The van der Waals surface area contributed by atoms with Crippen LogP contribution in [-0.4, -0.2) is 9.97 Å². The number of hydrogen-bond acceptors (Lipinski definition) is 4. The van der Waals surface area contributed by atoms with E-state index in [0.717, 1.165) is 18.2 Å². The quantitative estimate of drug-likeness (QED) is 0.472. The smallest absolute Gasteiger partial charge is 0.340 e. The molecule has 1 aromatic heterocycles. The minimum atomic E-state index is -4.62. The molecule has 0 fully saturated rings. The lowest BCUT2D eigenvalue weighted by Gasteiger charge is -2.15. The van der Waals surface area contributed by atoms with Gasteiger partial charge in [0, 0.05) is 17.6 Å². The Hall–Kier alpha value is -3.16. The molecule has 8 heteroatoms. The number of aromatic nitrogens is 2. The minimum absolute atomic E-state index is 0.0366. The van der Waals surface area contributed by atoms with Gasteiger partial charge in [-0.15, -0.1) is 0 Å². The summed E-state index contributed by atoms with van der Waals surface area (Å²) in [5, 5.41) is 5.53. The normalized spacial score (nSPS) is 11.6. The Morgan fingerprint density at radius 3 is 2.34 bits per heavy atom. The number of anilines is 4. The van der Waals surface area contributed by atoms with Gasteiger partial charge in [0.05, 0.1) is 0 Å². The highest BCUT2D eigenvalue weighted by Gasteiger charge is 2.35. The topological polar surface area (TPSA) is 49.8 Å². The summed E-state index contributed by atoms with van der Waals surface area (Å²) in [5.74, 6) is -0.404. The van der Waals surface area contributed by atoms with E-state index in [4.69, 9.17) is 0 Å². The molecule has 0 aliphatic heterocycles. The van der Waals surface area contributed by atoms with Gasteiger partial charge >= 0.3 is 6.18 Å². The zero-order valence-electron chi connectivity index (χ0n) is 15.9. The average molecular weight is 404 g/mol. The molecule has 0 saturated heterocycles. The monoisotopic (exact) mass is 404 g/mol. The van der Waals surface area contributed by atoms with Crippen molar-refractivity contribution in [1.29, 1.82) is 0 Å². The average Bonchev–Trinajstić information content (AvgIpc) is 2.62. The van der Waals surface area contributed by atoms with Crippen LogP contribution in [0.4, 0.5) is 40.7 Å². The van der Waals surface area contributed by atoms with Gasteiger partial charge in [0.2, 0.25) is 5.95 Å². The third-order valence-electron chi connectivity index (χ3n) is 4.03. The van der Waals surface area contributed by atoms with Crippen LogP contribution in [0.1, 0.15) is 25.0 Å². The molecule has 29 heavy (non-hydrogen) atoms. The summed E-state index contributed by atoms with van der Waals surface area (Å²) >= 11 is 0. The van der Waals surface area contributed by atoms with Gasteiger partial charge < -0.3 is 10.6 Å². The van der Waals surface area contributed by atoms with Gasteiger partial charge in [0.15, 0.2) is 0 Å². The molecule has 152 valence electrons. The summed E-state index contributed by atoms with van der Waals surface area (Å²) in [5.41, 5.74) is 0.991. The second-order valence-corrected chi connectivity index (χ2v) is 7.01. The molecule has 0 atom stereocenters. The number of rotatable bonds is 6. The molecular formula is C21H20F4N4. The number of hydrogen-bond donors (Lipinski definition) is 2. The first kappa shape index (κ1) is 20.6. The molecule has 0 unspecified atom stereocenters. The molecule has 0 amide bonds. The van der Waals surface area contributed by atoms with Crippen molar-refractivity contribution in [1.82, 2.24) is 9.97 Å². The lowest BCUT2D eigenvalue weighted by Crippen LogP contribution is -2.12. The second-order valence-electron chi connectivity index (χ2n) is 7.01. The Morgan fingerprint density at radius 1 is 0.966 bits per heavy atom. The molecule has 2 aromatic carbocycles. The maximum atomic E-state index is 13.4. The summed E-state index contributed by atoms with van der Waals surface area (Å²) in [7, 11) is 0. The zero-order valence-corrected chi connectivity index (χ0v) is 15.9. The zero-order chi connectivity index (χ0) is 21.0. The van der Waals surface area contributed by atoms with E-state index in [1.807, 2.05) is 6.07 Å². The molecule has 0 aliphatic carbocycles. The molecule has 2 N–H and O–H groups in total. The Bertz CT molecular complexity index is 969. The SMILES string of the molecule is CC(C)Cc1cccc(Nc2nc(Nc3ccc(F)cc3)ncc2C(F)(F)F)c1. The van der Waals surface area contributed by atoms with E-state index in [9.17, 15) is 17.6 Å². The maximum absolute atomic E-state index is 13.4. The predicted molar refractivity (Wildman–Crippen MR) is 105 cm³/mol. The third-order valence-corrected chi connectivity index (χ3v) is 4.03. The fraction of sp³-hybridized carbons (Fsp3) is 0.238. The number of nitrogens with zero attached hydrogens (tertiary/aromatic N) is 2. The summed E-state index contributed by atoms with van der Waals surface area (Å²) < 4.78 is 53.3. The van der Waals surface area contributed by atoms with Gasteiger partial charge in [-0.2, -0.15) is 18.2 Å². The number of benzene rings is 2. The van der Waals surface area contributed by atoms with E-state index < -0.39 is 17.6 Å². The highest BCUT2D eigenvalue weighted by atomic mass is 19.4. The van der Waals surface area contributed by atoms with Crippen LogP contribution < -0.4 is 10.6 Å². The highest BCUT2D eigenvalue weighted by Crippen LogP contribution is 2.35. The Morgan fingerprint density at radius 2 is 1.69 bits per heavy atom. The van der Waals surface area contributed by atoms with Crippen molar-refractivity contribution in [2.24, 2.45) is 5.92 Å². The van der Waals surface area contributed by atoms with Crippen LogP contribution in [0, 0.1) is 11.7 Å². The van der Waals surface area contributed by atoms with E-state index >= 15 is 0 Å². The standard InChI is InChI=1S/C21H20F4N4/c1-13(2)10-14-4-3-5-17(11-14)27-19-18(21(23,24)25)12-26-20(29-19)28-16-8-6-15(22)7-9-16/h3-9,11-13H,10H2,1-2H3,(H2,26,27,28,29). The first-order valence-electron chi connectivity index (χ1n) is 9.03. The minimum Gasteiger partial charge on any atom is -0.340 e. The van der Waals surface area contributed by atoms with Gasteiger partial charge in [-0.1, -0.05) is 26.0 Å². The molecule has 3 rings (SSSR count). The van der Waals surface area contributed by atoms with Gasteiger partial charge in [0.1, 0.15) is 17.2 Å². The van der Waals surface area contributed by atoms with Crippen molar-refractivity contribution >= 4 is 23.1 Å². The first-order valence-corrected chi connectivity index (χ1v) is 9.03. The van der Waals surface area contributed by atoms with Crippen LogP contribution in [0.15, 0.2) is 54.7 Å². The lowest BCUT2D eigenvalue weighted by molar-refractivity contribution is -0.137. The number of halogens is 4.